The molecule has 0 N–H and O–H groups in total. The third-order valence-electron chi connectivity index (χ3n) is 5.49. The van der Waals surface area contributed by atoms with E-state index in [0.29, 0.717) is 0 Å². The van der Waals surface area contributed by atoms with E-state index in [4.69, 9.17) is 11.6 Å². The molecule has 30 heavy (non-hydrogen) atoms. The van der Waals surface area contributed by atoms with Crippen molar-refractivity contribution in [2.45, 2.75) is 6.92 Å². The average molecular weight is 439 g/mol. The second kappa shape index (κ2) is 7.85. The van der Waals surface area contributed by atoms with Crippen LogP contribution >= 0.6 is 22.9 Å². The van der Waals surface area contributed by atoms with Crippen LogP contribution in [0.3, 0.4) is 0 Å². The van der Waals surface area contributed by atoms with E-state index in [1.54, 1.807) is 12.1 Å². The normalized spacial score (nSPS) is 14.5. The Morgan fingerprint density at radius 1 is 0.967 bits per heavy atom. The number of anilines is 2. The van der Waals surface area contributed by atoms with Crippen LogP contribution in [0.4, 0.5) is 15.9 Å². The number of hydrogen-bond donors (Lipinski definition) is 0. The third-order valence-corrected chi connectivity index (χ3v) is 6.53. The second-order valence-corrected chi connectivity index (χ2v) is 8.66. The lowest BCUT2D eigenvalue weighted by Crippen LogP contribution is -2.47. The fourth-order valence-corrected chi connectivity index (χ4v) is 5.13. The third kappa shape index (κ3) is 3.61. The summed E-state index contributed by atoms with van der Waals surface area (Å²) < 4.78 is 13.4. The van der Waals surface area contributed by atoms with Crippen molar-refractivity contribution >= 4 is 44.7 Å². The van der Waals surface area contributed by atoms with Crippen molar-refractivity contribution < 1.29 is 4.39 Å². The number of aryl methyl sites for hydroxylation is 1. The minimum Gasteiger partial charge on any atom is -0.368 e. The highest BCUT2D eigenvalue weighted by Gasteiger charge is 2.23. The minimum absolute atomic E-state index is 0.245. The summed E-state index contributed by atoms with van der Waals surface area (Å²) in [5, 5.41) is 3.29. The Labute approximate surface area is 183 Å². The zero-order chi connectivity index (χ0) is 20.7. The van der Waals surface area contributed by atoms with Gasteiger partial charge < -0.3 is 9.80 Å². The van der Waals surface area contributed by atoms with Gasteiger partial charge in [0.15, 0.2) is 0 Å². The molecule has 3 heterocycles. The highest BCUT2D eigenvalue weighted by atomic mass is 35.5. The molecule has 1 aliphatic heterocycles. The number of thiophene rings is 1. The van der Waals surface area contributed by atoms with Crippen molar-refractivity contribution in [3.05, 3.63) is 70.6 Å². The lowest BCUT2D eigenvalue weighted by Gasteiger charge is -2.37. The Balaban J connectivity index is 1.48. The quantitative estimate of drug-likeness (QED) is 0.379. The van der Waals surface area contributed by atoms with Crippen LogP contribution in [0.25, 0.3) is 21.3 Å². The summed E-state index contributed by atoms with van der Waals surface area (Å²) in [7, 11) is 0. The Hall–Kier alpha value is -2.70. The van der Waals surface area contributed by atoms with E-state index in [1.807, 2.05) is 0 Å². The van der Waals surface area contributed by atoms with Gasteiger partial charge in [0.05, 0.1) is 5.39 Å². The van der Waals surface area contributed by atoms with Crippen LogP contribution in [0, 0.1) is 12.7 Å². The van der Waals surface area contributed by atoms with Gasteiger partial charge in [0.1, 0.15) is 16.5 Å². The first-order valence-corrected chi connectivity index (χ1v) is 11.1. The maximum atomic E-state index is 13.4. The van der Waals surface area contributed by atoms with Gasteiger partial charge in [0, 0.05) is 42.8 Å². The zero-order valence-electron chi connectivity index (χ0n) is 16.5. The molecule has 0 amide bonds. The Bertz CT molecular complexity index is 1200. The number of fused-ring (bicyclic) bond motifs is 1. The standard InChI is InChI=1S/C23H20ClFN4S/c1-15-3-2-4-18(13-15)28-9-11-29(12-10-28)21-20-19(16-5-7-17(25)8-6-16)14-30-22(20)27-23(24)26-21/h2-8,13-14H,9-12H2,1H3. The van der Waals surface area contributed by atoms with Crippen LogP contribution in [-0.4, -0.2) is 36.1 Å². The summed E-state index contributed by atoms with van der Waals surface area (Å²) in [5.74, 6) is 0.611. The number of aromatic nitrogens is 2. The van der Waals surface area contributed by atoms with E-state index in [1.165, 1.54) is 34.7 Å². The molecular formula is C23H20ClFN4S. The van der Waals surface area contributed by atoms with Crippen LogP contribution in [0.2, 0.25) is 5.28 Å². The predicted molar refractivity (Wildman–Crippen MR) is 123 cm³/mol. The highest BCUT2D eigenvalue weighted by molar-refractivity contribution is 7.17. The van der Waals surface area contributed by atoms with Gasteiger partial charge in [-0.25, -0.2) is 9.37 Å². The first kappa shape index (κ1) is 19.3. The number of halogens is 2. The molecule has 2 aromatic heterocycles. The van der Waals surface area contributed by atoms with E-state index < -0.39 is 0 Å². The van der Waals surface area contributed by atoms with E-state index >= 15 is 0 Å². The molecule has 2 aromatic carbocycles. The number of hydrogen-bond acceptors (Lipinski definition) is 5. The Morgan fingerprint density at radius 3 is 2.43 bits per heavy atom. The molecular weight excluding hydrogens is 419 g/mol. The summed E-state index contributed by atoms with van der Waals surface area (Å²) in [6.45, 7) is 5.61. The van der Waals surface area contributed by atoms with Gasteiger partial charge in [-0.15, -0.1) is 11.3 Å². The summed E-state index contributed by atoms with van der Waals surface area (Å²) >= 11 is 7.80. The number of piperazine rings is 1. The van der Waals surface area contributed by atoms with Crippen molar-refractivity contribution in [2.75, 3.05) is 36.0 Å². The van der Waals surface area contributed by atoms with E-state index in [0.717, 1.165) is 53.3 Å². The molecule has 1 aliphatic rings. The van der Waals surface area contributed by atoms with Gasteiger partial charge in [0.25, 0.3) is 0 Å². The SMILES string of the molecule is Cc1cccc(N2CCN(c3nc(Cl)nc4scc(-c5ccc(F)cc5)c34)CC2)c1. The molecule has 4 nitrogen and oxygen atoms in total. The van der Waals surface area contributed by atoms with Crippen LogP contribution in [-0.2, 0) is 0 Å². The maximum absolute atomic E-state index is 13.4. The summed E-state index contributed by atoms with van der Waals surface area (Å²) in [6.07, 6.45) is 0. The monoisotopic (exact) mass is 438 g/mol. The van der Waals surface area contributed by atoms with Gasteiger partial charge in [-0.05, 0) is 53.9 Å². The van der Waals surface area contributed by atoms with Gasteiger partial charge in [-0.1, -0.05) is 24.3 Å². The molecule has 0 radical (unpaired) electrons. The smallest absolute Gasteiger partial charge is 0.225 e. The van der Waals surface area contributed by atoms with Crippen LogP contribution in [0.15, 0.2) is 53.9 Å². The average Bonchev–Trinajstić information content (AvgIpc) is 3.17. The zero-order valence-corrected chi connectivity index (χ0v) is 18.1. The molecule has 0 bridgehead atoms. The van der Waals surface area contributed by atoms with Crippen molar-refractivity contribution in [1.82, 2.24) is 9.97 Å². The number of nitrogens with zero attached hydrogens (tertiary/aromatic N) is 4. The lowest BCUT2D eigenvalue weighted by atomic mass is 10.1. The fourth-order valence-electron chi connectivity index (χ4n) is 3.97. The van der Waals surface area contributed by atoms with E-state index in [2.05, 4.69) is 56.3 Å². The van der Waals surface area contributed by atoms with Crippen molar-refractivity contribution in [3.63, 3.8) is 0 Å². The molecule has 0 unspecified atom stereocenters. The molecule has 0 atom stereocenters. The molecule has 7 heteroatoms. The molecule has 0 aliphatic carbocycles. The Kier molecular flexibility index (Phi) is 5.05. The summed E-state index contributed by atoms with van der Waals surface area (Å²) in [6, 6.07) is 15.2. The number of rotatable bonds is 3. The largest absolute Gasteiger partial charge is 0.368 e. The maximum Gasteiger partial charge on any atom is 0.225 e. The van der Waals surface area contributed by atoms with E-state index in [9.17, 15) is 4.39 Å². The predicted octanol–water partition coefficient (Wildman–Crippen LogP) is 5.79. The molecule has 0 spiro atoms. The highest BCUT2D eigenvalue weighted by Crippen LogP contribution is 2.39. The Morgan fingerprint density at radius 2 is 1.70 bits per heavy atom. The first-order chi connectivity index (χ1) is 14.6. The van der Waals surface area contributed by atoms with Crippen molar-refractivity contribution in [3.8, 4) is 11.1 Å². The number of benzene rings is 2. The molecule has 1 fully saturated rings. The molecule has 1 saturated heterocycles. The van der Waals surface area contributed by atoms with Gasteiger partial charge in [-0.2, -0.15) is 4.98 Å². The molecule has 152 valence electrons. The van der Waals surface area contributed by atoms with E-state index in [-0.39, 0.29) is 11.1 Å². The molecule has 0 saturated carbocycles. The molecule has 5 rings (SSSR count). The van der Waals surface area contributed by atoms with Gasteiger partial charge in [-0.3, -0.25) is 0 Å². The minimum atomic E-state index is -0.245. The summed E-state index contributed by atoms with van der Waals surface area (Å²) in [5.41, 5.74) is 4.49. The van der Waals surface area contributed by atoms with Crippen LogP contribution in [0.1, 0.15) is 5.56 Å². The fraction of sp³-hybridized carbons (Fsp3) is 0.217. The van der Waals surface area contributed by atoms with Crippen molar-refractivity contribution in [1.29, 1.82) is 0 Å². The summed E-state index contributed by atoms with van der Waals surface area (Å²) in [4.78, 5) is 14.6. The van der Waals surface area contributed by atoms with Crippen molar-refractivity contribution in [2.24, 2.45) is 0 Å². The second-order valence-electron chi connectivity index (χ2n) is 7.47. The van der Waals surface area contributed by atoms with Crippen LogP contribution in [0.5, 0.6) is 0 Å². The lowest BCUT2D eigenvalue weighted by molar-refractivity contribution is 0.628. The van der Waals surface area contributed by atoms with Crippen LogP contribution < -0.4 is 9.80 Å². The molecule has 4 aromatic rings. The van der Waals surface area contributed by atoms with Gasteiger partial charge in [0.2, 0.25) is 5.28 Å². The first-order valence-electron chi connectivity index (χ1n) is 9.86. The van der Waals surface area contributed by atoms with Gasteiger partial charge >= 0.3 is 0 Å². The topological polar surface area (TPSA) is 32.3 Å².